The van der Waals surface area contributed by atoms with E-state index in [1.54, 1.807) is 0 Å². The average Bonchev–Trinajstić information content (AvgIpc) is 2.40. The van der Waals surface area contributed by atoms with Gasteiger partial charge in [0.15, 0.2) is 0 Å². The minimum absolute atomic E-state index is 0.142. The molecule has 0 amide bonds. The van der Waals surface area contributed by atoms with E-state index < -0.39 is 0 Å². The first kappa shape index (κ1) is 15.3. The van der Waals surface area contributed by atoms with Crippen molar-refractivity contribution in [1.82, 2.24) is 5.32 Å². The third-order valence-corrected chi connectivity index (χ3v) is 2.50. The topological polar surface area (TPSA) is 12.0 Å². The van der Waals surface area contributed by atoms with E-state index in [1.807, 2.05) is 13.8 Å². The fourth-order valence-corrected chi connectivity index (χ4v) is 1.98. The molecule has 0 unspecified atom stereocenters. The van der Waals surface area contributed by atoms with E-state index >= 15 is 0 Å². The van der Waals surface area contributed by atoms with Crippen LogP contribution in [0.1, 0.15) is 47.5 Å². The van der Waals surface area contributed by atoms with Gasteiger partial charge in [-0.05, 0) is 19.8 Å². The highest BCUT2D eigenvalue weighted by Crippen LogP contribution is 2.30. The van der Waals surface area contributed by atoms with Gasteiger partial charge in [0, 0.05) is 17.7 Å². The van der Waals surface area contributed by atoms with Crippen LogP contribution in [-0.2, 0) is 0 Å². The maximum absolute atomic E-state index is 5.70. The van der Waals surface area contributed by atoms with Gasteiger partial charge in [0.25, 0.3) is 0 Å². The van der Waals surface area contributed by atoms with Crippen LogP contribution in [-0.4, -0.2) is 14.4 Å². The van der Waals surface area contributed by atoms with Crippen molar-refractivity contribution in [2.45, 2.75) is 53.8 Å². The fraction of sp³-hybridized carbons (Fsp3) is 0.714. The molecule has 0 aliphatic heterocycles. The summed E-state index contributed by atoms with van der Waals surface area (Å²) < 4.78 is 0. The Morgan fingerprint density at radius 2 is 1.88 bits per heavy atom. The molecule has 0 aromatic heterocycles. The van der Waals surface area contributed by atoms with Crippen LogP contribution < -0.4 is 5.32 Å². The van der Waals surface area contributed by atoms with E-state index in [2.05, 4.69) is 38.2 Å². The number of hydrogen-bond acceptors (Lipinski definition) is 1. The molecule has 0 saturated heterocycles. The van der Waals surface area contributed by atoms with Crippen molar-refractivity contribution in [2.75, 3.05) is 6.54 Å². The monoisotopic (exact) mass is 219 g/mol. The Morgan fingerprint density at radius 1 is 1.25 bits per heavy atom. The molecule has 1 aliphatic carbocycles. The van der Waals surface area contributed by atoms with Crippen LogP contribution in [0.3, 0.4) is 0 Å². The Hall–Kier alpha value is -0.655. The van der Waals surface area contributed by atoms with Crippen LogP contribution in [0, 0.1) is 5.41 Å². The summed E-state index contributed by atoms with van der Waals surface area (Å²) in [5.74, 6) is 0. The third-order valence-electron chi connectivity index (χ3n) is 2.50. The number of nitrogens with one attached hydrogen (secondary N) is 1. The quantitative estimate of drug-likeness (QED) is 0.561. The van der Waals surface area contributed by atoms with E-state index in [0.29, 0.717) is 6.32 Å². The molecule has 0 bridgehead atoms. The number of allylic oxidation sites excluding steroid dienone is 4. The number of rotatable bonds is 3. The zero-order valence-electron chi connectivity index (χ0n) is 11.6. The van der Waals surface area contributed by atoms with Crippen molar-refractivity contribution in [3.63, 3.8) is 0 Å². The van der Waals surface area contributed by atoms with Crippen molar-refractivity contribution in [1.29, 1.82) is 0 Å². The zero-order valence-corrected chi connectivity index (χ0v) is 11.6. The lowest BCUT2D eigenvalue weighted by molar-refractivity contribution is 0.611. The maximum atomic E-state index is 5.70. The molecule has 0 saturated carbocycles. The van der Waals surface area contributed by atoms with Crippen molar-refractivity contribution in [3.8, 4) is 0 Å². The van der Waals surface area contributed by atoms with Gasteiger partial charge in [-0.2, -0.15) is 0 Å². The molecule has 0 fully saturated rings. The average molecular weight is 219 g/mol. The van der Waals surface area contributed by atoms with Crippen LogP contribution in [0.15, 0.2) is 23.4 Å². The predicted octanol–water partition coefficient (Wildman–Crippen LogP) is 3.84. The van der Waals surface area contributed by atoms with Crippen molar-refractivity contribution >= 4 is 7.85 Å². The van der Waals surface area contributed by atoms with E-state index in [0.717, 1.165) is 19.4 Å². The Kier molecular flexibility index (Phi) is 7.28. The highest BCUT2D eigenvalue weighted by atomic mass is 14.9. The molecule has 0 atom stereocenters. The smallest absolute Gasteiger partial charge is 0.0712 e. The van der Waals surface area contributed by atoms with E-state index in [1.165, 1.54) is 11.3 Å². The van der Waals surface area contributed by atoms with Crippen LogP contribution in [0.4, 0.5) is 0 Å². The van der Waals surface area contributed by atoms with Gasteiger partial charge in [-0.1, -0.05) is 51.7 Å². The second-order valence-electron chi connectivity index (χ2n) is 4.53. The molecule has 1 rings (SSSR count). The summed E-state index contributed by atoms with van der Waals surface area (Å²) in [5, 5.41) is 3.41. The van der Waals surface area contributed by atoms with Gasteiger partial charge in [0.1, 0.15) is 0 Å². The molecule has 2 radical (unpaired) electrons. The zero-order chi connectivity index (χ0) is 12.6. The lowest BCUT2D eigenvalue weighted by atomic mass is 9.87. The highest BCUT2D eigenvalue weighted by molar-refractivity contribution is 6.10. The Labute approximate surface area is 103 Å². The molecule has 0 aromatic carbocycles. The molecule has 16 heavy (non-hydrogen) atoms. The van der Waals surface area contributed by atoms with Crippen molar-refractivity contribution < 1.29 is 0 Å². The second kappa shape index (κ2) is 7.59. The van der Waals surface area contributed by atoms with E-state index in [9.17, 15) is 0 Å². The van der Waals surface area contributed by atoms with Gasteiger partial charge in [0.2, 0.25) is 0 Å². The first-order valence-electron chi connectivity index (χ1n) is 6.43. The molecule has 1 nitrogen and oxygen atoms in total. The van der Waals surface area contributed by atoms with Crippen molar-refractivity contribution in [2.24, 2.45) is 5.41 Å². The first-order chi connectivity index (χ1) is 7.57. The molecule has 0 aromatic rings. The van der Waals surface area contributed by atoms with Gasteiger partial charge in [-0.25, -0.2) is 0 Å². The summed E-state index contributed by atoms with van der Waals surface area (Å²) in [6.07, 6.45) is 7.51. The van der Waals surface area contributed by atoms with E-state index in [-0.39, 0.29) is 5.41 Å². The van der Waals surface area contributed by atoms with Gasteiger partial charge in [0.05, 0.1) is 7.85 Å². The Morgan fingerprint density at radius 3 is 2.38 bits per heavy atom. The summed E-state index contributed by atoms with van der Waals surface area (Å²) in [4.78, 5) is 0. The van der Waals surface area contributed by atoms with Crippen LogP contribution in [0.2, 0.25) is 6.32 Å². The minimum atomic E-state index is 0.142. The van der Waals surface area contributed by atoms with Crippen molar-refractivity contribution in [3.05, 3.63) is 23.4 Å². The molecular formula is C14H26BN. The fourth-order valence-electron chi connectivity index (χ4n) is 1.98. The lowest BCUT2D eigenvalue weighted by Crippen LogP contribution is -2.14. The van der Waals surface area contributed by atoms with Crippen LogP contribution in [0.25, 0.3) is 0 Å². The summed E-state index contributed by atoms with van der Waals surface area (Å²) in [6, 6.07) is 0. The molecule has 1 aliphatic rings. The number of hydrogen-bond donors (Lipinski definition) is 1. The molecule has 90 valence electrons. The molecule has 0 spiro atoms. The minimum Gasteiger partial charge on any atom is -0.389 e. The van der Waals surface area contributed by atoms with Crippen LogP contribution >= 0.6 is 0 Å². The van der Waals surface area contributed by atoms with Crippen LogP contribution in [0.5, 0.6) is 0 Å². The standard InChI is InChI=1S/C12H20BN.C2H6/c1-4-14-11-6-5-10(9-13)7-12(2,3)8-11;1-2/h7-8,14H,4-6,9H2,1-3H3;1-2H3. The van der Waals surface area contributed by atoms with Gasteiger partial charge in [-0.3, -0.25) is 0 Å². The normalized spacial score (nSPS) is 18.6. The maximum Gasteiger partial charge on any atom is 0.0712 e. The Balaban J connectivity index is 0.00000106. The molecule has 1 N–H and O–H groups in total. The van der Waals surface area contributed by atoms with E-state index in [4.69, 9.17) is 7.85 Å². The highest BCUT2D eigenvalue weighted by Gasteiger charge is 2.17. The molecule has 0 heterocycles. The molecule has 2 heteroatoms. The van der Waals surface area contributed by atoms with Gasteiger partial charge in [-0.15, -0.1) is 0 Å². The lowest BCUT2D eigenvalue weighted by Gasteiger charge is -2.16. The summed E-state index contributed by atoms with van der Waals surface area (Å²) in [7, 11) is 5.70. The predicted molar refractivity (Wildman–Crippen MR) is 74.8 cm³/mol. The molecular weight excluding hydrogens is 193 g/mol. The SMILES string of the molecule is CC.[B]CC1=CC(C)(C)C=C(NCC)CC1. The largest absolute Gasteiger partial charge is 0.389 e. The first-order valence-corrected chi connectivity index (χ1v) is 6.43. The summed E-state index contributed by atoms with van der Waals surface area (Å²) in [6.45, 7) is 11.6. The summed E-state index contributed by atoms with van der Waals surface area (Å²) in [5.41, 5.74) is 2.87. The van der Waals surface area contributed by atoms with Gasteiger partial charge >= 0.3 is 0 Å². The third kappa shape index (κ3) is 5.43. The second-order valence-corrected chi connectivity index (χ2v) is 4.53. The Bertz CT molecular complexity index is 251. The van der Waals surface area contributed by atoms with Gasteiger partial charge < -0.3 is 5.32 Å². The summed E-state index contributed by atoms with van der Waals surface area (Å²) >= 11 is 0.